The third-order valence-corrected chi connectivity index (χ3v) is 7.08. The molecule has 0 saturated carbocycles. The van der Waals surface area contributed by atoms with E-state index in [1.165, 1.54) is 4.68 Å². The predicted octanol–water partition coefficient (Wildman–Crippen LogP) is 7.27. The van der Waals surface area contributed by atoms with Crippen molar-refractivity contribution in [2.45, 2.75) is 13.5 Å². The number of furan rings is 1. The topological polar surface area (TPSA) is 78.9 Å². The van der Waals surface area contributed by atoms with Crippen LogP contribution in [-0.2, 0) is 6.61 Å². The molecule has 6 aromatic rings. The Kier molecular flexibility index (Phi) is 7.33. The zero-order valence-electron chi connectivity index (χ0n) is 21.6. The largest absolute Gasteiger partial charge is 0.490 e. The molecule has 0 bridgehead atoms. The molecule has 2 aromatic heterocycles. The molecule has 6 rings (SSSR count). The smallest absolute Gasteiger partial charge is 0.282 e. The summed E-state index contributed by atoms with van der Waals surface area (Å²) in [5.74, 6) is 2.04. The molecule has 0 aliphatic carbocycles. The summed E-state index contributed by atoms with van der Waals surface area (Å²) in [6, 6.07) is 30.5. The lowest BCUT2D eigenvalue weighted by Crippen LogP contribution is -2.20. The van der Waals surface area contributed by atoms with Crippen LogP contribution in [0.25, 0.3) is 33.5 Å². The summed E-state index contributed by atoms with van der Waals surface area (Å²) in [6.07, 6.45) is 1.62. The number of halogens is 1. The summed E-state index contributed by atoms with van der Waals surface area (Å²) in [7, 11) is 0. The van der Waals surface area contributed by atoms with E-state index in [1.54, 1.807) is 12.3 Å². The van der Waals surface area contributed by atoms with Gasteiger partial charge in [0.1, 0.15) is 12.2 Å². The minimum atomic E-state index is -0.292. The van der Waals surface area contributed by atoms with Crippen molar-refractivity contribution in [3.63, 3.8) is 0 Å². The van der Waals surface area contributed by atoms with Crippen LogP contribution in [0.2, 0.25) is 0 Å². The third-order valence-electron chi connectivity index (χ3n) is 6.28. The number of hydrogen-bond donors (Lipinski definition) is 0. The summed E-state index contributed by atoms with van der Waals surface area (Å²) in [5, 5.41) is 5.98. The van der Waals surface area contributed by atoms with Crippen molar-refractivity contribution < 1.29 is 13.9 Å². The van der Waals surface area contributed by atoms with Gasteiger partial charge in [0.15, 0.2) is 17.3 Å². The van der Waals surface area contributed by atoms with Crippen LogP contribution in [0, 0.1) is 3.57 Å². The minimum Gasteiger partial charge on any atom is -0.490 e. The van der Waals surface area contributed by atoms with Gasteiger partial charge in [-0.2, -0.15) is 9.78 Å². The highest BCUT2D eigenvalue weighted by atomic mass is 127. The Morgan fingerprint density at radius 2 is 1.73 bits per heavy atom. The van der Waals surface area contributed by atoms with E-state index in [0.29, 0.717) is 52.8 Å². The number of fused-ring (bicyclic) bond motifs is 2. The number of para-hydroxylation sites is 2. The number of nitrogens with zero attached hydrogens (tertiary/aromatic N) is 3. The maximum Gasteiger partial charge on any atom is 0.282 e. The highest BCUT2D eigenvalue weighted by Gasteiger charge is 2.17. The van der Waals surface area contributed by atoms with E-state index in [1.807, 2.05) is 97.9 Å². The fourth-order valence-electron chi connectivity index (χ4n) is 4.40. The number of benzene rings is 4. The quantitative estimate of drug-likeness (QED) is 0.129. The normalized spacial score (nSPS) is 11.4. The summed E-state index contributed by atoms with van der Waals surface area (Å²) in [4.78, 5) is 18.3. The monoisotopic (exact) mass is 641 g/mol. The Balaban J connectivity index is 1.41. The predicted molar refractivity (Wildman–Crippen MR) is 165 cm³/mol. The summed E-state index contributed by atoms with van der Waals surface area (Å²) >= 11 is 2.23. The summed E-state index contributed by atoms with van der Waals surface area (Å²) < 4.78 is 20.3. The molecule has 0 aliphatic rings. The molecule has 0 atom stereocenters. The molecule has 0 aliphatic heterocycles. The summed E-state index contributed by atoms with van der Waals surface area (Å²) in [5.41, 5.74) is 2.79. The van der Waals surface area contributed by atoms with Crippen LogP contribution in [0.3, 0.4) is 0 Å². The van der Waals surface area contributed by atoms with Crippen molar-refractivity contribution in [3.8, 4) is 23.1 Å². The molecular formula is C32H24IN3O4. The Hall–Kier alpha value is -4.44. The van der Waals surface area contributed by atoms with Gasteiger partial charge in [-0.1, -0.05) is 60.7 Å². The van der Waals surface area contributed by atoms with Crippen molar-refractivity contribution in [1.29, 1.82) is 0 Å². The van der Waals surface area contributed by atoms with Crippen molar-refractivity contribution in [2.75, 3.05) is 6.61 Å². The van der Waals surface area contributed by atoms with Crippen molar-refractivity contribution in [2.24, 2.45) is 5.10 Å². The van der Waals surface area contributed by atoms with Gasteiger partial charge in [0.25, 0.3) is 5.56 Å². The van der Waals surface area contributed by atoms with E-state index in [4.69, 9.17) is 18.9 Å². The van der Waals surface area contributed by atoms with Gasteiger partial charge in [0, 0.05) is 5.39 Å². The summed E-state index contributed by atoms with van der Waals surface area (Å²) in [6.45, 7) is 2.82. The molecule has 40 heavy (non-hydrogen) atoms. The SMILES string of the molecule is CCOc1cc(C=Nn2c(-c3cc4ccccc4o3)nc3ccccc3c2=O)cc(I)c1OCc1ccccc1. The van der Waals surface area contributed by atoms with Gasteiger partial charge >= 0.3 is 0 Å². The van der Waals surface area contributed by atoms with Crippen LogP contribution in [-0.4, -0.2) is 22.5 Å². The van der Waals surface area contributed by atoms with Crippen LogP contribution >= 0.6 is 22.6 Å². The first-order valence-corrected chi connectivity index (χ1v) is 13.9. The standard InChI is InChI=1S/C32H24IN3O4/c1-2-38-28-17-22(16-25(33)30(28)39-20-21-10-4-3-5-11-21)19-34-36-31(29-18-23-12-6-9-15-27(23)40-29)35-26-14-8-7-13-24(26)32(36)37/h3-19H,2,20H2,1H3. The van der Waals surface area contributed by atoms with E-state index < -0.39 is 0 Å². The average molecular weight is 641 g/mol. The maximum absolute atomic E-state index is 13.6. The second kappa shape index (κ2) is 11.4. The second-order valence-electron chi connectivity index (χ2n) is 9.00. The molecule has 8 heteroatoms. The van der Waals surface area contributed by atoms with Crippen LogP contribution < -0.4 is 15.0 Å². The van der Waals surface area contributed by atoms with Crippen LogP contribution in [0.4, 0.5) is 0 Å². The number of aromatic nitrogens is 2. The first-order chi connectivity index (χ1) is 19.6. The molecule has 0 saturated heterocycles. The fraction of sp³-hybridized carbons (Fsp3) is 0.0938. The minimum absolute atomic E-state index is 0.292. The van der Waals surface area contributed by atoms with Crippen molar-refractivity contribution in [3.05, 3.63) is 122 Å². The van der Waals surface area contributed by atoms with Gasteiger partial charge in [-0.05, 0) is 77.0 Å². The van der Waals surface area contributed by atoms with Gasteiger partial charge in [0.05, 0.1) is 27.3 Å². The van der Waals surface area contributed by atoms with Crippen LogP contribution in [0.1, 0.15) is 18.1 Å². The van der Waals surface area contributed by atoms with Gasteiger partial charge in [-0.3, -0.25) is 4.79 Å². The Morgan fingerprint density at radius 3 is 2.55 bits per heavy atom. The number of hydrogen-bond acceptors (Lipinski definition) is 6. The molecule has 0 spiro atoms. The van der Waals surface area contributed by atoms with E-state index in [-0.39, 0.29) is 5.56 Å². The zero-order chi connectivity index (χ0) is 27.5. The van der Waals surface area contributed by atoms with Crippen molar-refractivity contribution in [1.82, 2.24) is 9.66 Å². The molecule has 4 aromatic carbocycles. The Morgan fingerprint density at radius 1 is 0.950 bits per heavy atom. The number of rotatable bonds is 8. The Labute approximate surface area is 243 Å². The third kappa shape index (κ3) is 5.22. The van der Waals surface area contributed by atoms with Gasteiger partial charge < -0.3 is 13.9 Å². The first kappa shape index (κ1) is 25.8. The molecular weight excluding hydrogens is 617 g/mol. The molecule has 0 amide bonds. The zero-order valence-corrected chi connectivity index (χ0v) is 23.7. The van der Waals surface area contributed by atoms with Crippen LogP contribution in [0.5, 0.6) is 11.5 Å². The second-order valence-corrected chi connectivity index (χ2v) is 10.2. The highest BCUT2D eigenvalue weighted by molar-refractivity contribution is 14.1. The molecule has 7 nitrogen and oxygen atoms in total. The molecule has 2 heterocycles. The fourth-order valence-corrected chi connectivity index (χ4v) is 5.18. The van der Waals surface area contributed by atoms with E-state index in [2.05, 4.69) is 27.7 Å². The van der Waals surface area contributed by atoms with Gasteiger partial charge in [0.2, 0.25) is 5.82 Å². The maximum atomic E-state index is 13.6. The molecule has 198 valence electrons. The average Bonchev–Trinajstić information content (AvgIpc) is 3.41. The van der Waals surface area contributed by atoms with Gasteiger partial charge in [-0.25, -0.2) is 4.98 Å². The van der Waals surface area contributed by atoms with Gasteiger partial charge in [-0.15, -0.1) is 0 Å². The molecule has 0 radical (unpaired) electrons. The highest BCUT2D eigenvalue weighted by Crippen LogP contribution is 2.35. The van der Waals surface area contributed by atoms with E-state index in [0.717, 1.165) is 20.1 Å². The Bertz CT molecular complexity index is 1880. The lowest BCUT2D eigenvalue weighted by Gasteiger charge is -2.15. The molecule has 0 unspecified atom stereocenters. The van der Waals surface area contributed by atoms with E-state index in [9.17, 15) is 4.79 Å². The van der Waals surface area contributed by atoms with Crippen LogP contribution in [0.15, 0.2) is 111 Å². The lowest BCUT2D eigenvalue weighted by molar-refractivity contribution is 0.267. The molecule has 0 N–H and O–H groups in total. The first-order valence-electron chi connectivity index (χ1n) is 12.8. The van der Waals surface area contributed by atoms with E-state index >= 15 is 0 Å². The number of ether oxygens (including phenoxy) is 2. The van der Waals surface area contributed by atoms with Crippen molar-refractivity contribution >= 4 is 50.7 Å². The molecule has 0 fully saturated rings. The lowest BCUT2D eigenvalue weighted by atomic mass is 10.2.